The third-order valence-electron chi connectivity index (χ3n) is 3.12. The minimum absolute atomic E-state index is 0.936. The minimum atomic E-state index is -1.20. The van der Waals surface area contributed by atoms with Gasteiger partial charge in [-0.25, -0.2) is 0 Å². The topological polar surface area (TPSA) is 9.23 Å². The van der Waals surface area contributed by atoms with Crippen LogP contribution in [0.1, 0.15) is 24.0 Å². The van der Waals surface area contributed by atoms with E-state index in [1.165, 1.54) is 35.2 Å². The van der Waals surface area contributed by atoms with Crippen molar-refractivity contribution in [3.05, 3.63) is 42.5 Å². The molecule has 2 rings (SSSR count). The van der Waals surface area contributed by atoms with E-state index < -0.39 is 9.04 Å². The van der Waals surface area contributed by atoms with Gasteiger partial charge in [-0.15, -0.1) is 0 Å². The summed E-state index contributed by atoms with van der Waals surface area (Å²) in [6, 6.07) is 7.64. The standard InChI is InChI=1S/C14H18OSi/c1-3-12-8-7-9-14(13(12)4-2)16-11-6-5-10-15-16/h3-4,7-9,16H,1-2,5-6,10-11H2. The Morgan fingerprint density at radius 1 is 1.19 bits per heavy atom. The maximum Gasteiger partial charge on any atom is 0.208 e. The Bertz CT molecular complexity index is 392. The second-order valence-corrected chi connectivity index (χ2v) is 6.62. The summed E-state index contributed by atoms with van der Waals surface area (Å²) in [6.07, 6.45) is 6.37. The summed E-state index contributed by atoms with van der Waals surface area (Å²) in [5.41, 5.74) is 2.41. The van der Waals surface area contributed by atoms with Gasteiger partial charge in [0, 0.05) is 6.61 Å². The normalized spacial score (nSPS) is 20.4. The molecule has 1 unspecified atom stereocenters. The zero-order chi connectivity index (χ0) is 11.4. The maximum atomic E-state index is 5.96. The van der Waals surface area contributed by atoms with Crippen molar-refractivity contribution in [2.45, 2.75) is 18.9 Å². The Morgan fingerprint density at radius 2 is 2.06 bits per heavy atom. The predicted octanol–water partition coefficient (Wildman–Crippen LogP) is 2.71. The zero-order valence-corrected chi connectivity index (χ0v) is 10.8. The van der Waals surface area contributed by atoms with Crippen molar-refractivity contribution in [3.8, 4) is 0 Å². The molecule has 0 bridgehead atoms. The largest absolute Gasteiger partial charge is 0.415 e. The molecule has 1 saturated heterocycles. The fraction of sp³-hybridized carbons (Fsp3) is 0.286. The van der Waals surface area contributed by atoms with Crippen LogP contribution in [0.15, 0.2) is 31.4 Å². The quantitative estimate of drug-likeness (QED) is 0.726. The number of rotatable bonds is 3. The summed E-state index contributed by atoms with van der Waals surface area (Å²) in [5, 5.41) is 1.40. The van der Waals surface area contributed by atoms with Gasteiger partial charge < -0.3 is 4.43 Å². The molecule has 1 aromatic rings. The molecule has 1 aliphatic heterocycles. The minimum Gasteiger partial charge on any atom is -0.415 e. The first-order valence-electron chi connectivity index (χ1n) is 5.86. The first-order chi connectivity index (χ1) is 7.86. The van der Waals surface area contributed by atoms with Crippen LogP contribution in [-0.2, 0) is 4.43 Å². The van der Waals surface area contributed by atoms with Crippen molar-refractivity contribution in [1.29, 1.82) is 0 Å². The van der Waals surface area contributed by atoms with Crippen LogP contribution in [0.25, 0.3) is 12.2 Å². The molecule has 1 fully saturated rings. The number of benzene rings is 1. The summed E-state index contributed by atoms with van der Waals surface area (Å²) in [5.74, 6) is 0. The van der Waals surface area contributed by atoms with E-state index in [9.17, 15) is 0 Å². The van der Waals surface area contributed by atoms with Crippen molar-refractivity contribution >= 4 is 26.4 Å². The average molecular weight is 230 g/mol. The average Bonchev–Trinajstić information content (AvgIpc) is 2.38. The molecule has 0 amide bonds. The first kappa shape index (κ1) is 11.4. The third kappa shape index (κ3) is 2.18. The molecule has 0 spiro atoms. The number of hydrogen-bond donors (Lipinski definition) is 0. The van der Waals surface area contributed by atoms with Gasteiger partial charge in [-0.3, -0.25) is 0 Å². The van der Waals surface area contributed by atoms with Gasteiger partial charge in [-0.2, -0.15) is 0 Å². The molecule has 1 aromatic carbocycles. The maximum absolute atomic E-state index is 5.96. The van der Waals surface area contributed by atoms with Gasteiger partial charge >= 0.3 is 0 Å². The van der Waals surface area contributed by atoms with Gasteiger partial charge in [0.15, 0.2) is 0 Å². The van der Waals surface area contributed by atoms with Crippen molar-refractivity contribution in [2.75, 3.05) is 6.61 Å². The van der Waals surface area contributed by atoms with Crippen LogP contribution < -0.4 is 5.19 Å². The molecule has 1 nitrogen and oxygen atoms in total. The SMILES string of the molecule is C=Cc1cccc([SiH]2CCCCO2)c1C=C. The van der Waals surface area contributed by atoms with E-state index in [0.717, 1.165) is 6.61 Å². The summed E-state index contributed by atoms with van der Waals surface area (Å²) < 4.78 is 5.96. The molecule has 0 saturated carbocycles. The molecule has 0 radical (unpaired) electrons. The summed E-state index contributed by atoms with van der Waals surface area (Å²) in [4.78, 5) is 0. The second-order valence-electron chi connectivity index (χ2n) is 4.11. The molecule has 16 heavy (non-hydrogen) atoms. The van der Waals surface area contributed by atoms with Gasteiger partial charge in [0.25, 0.3) is 0 Å². The highest BCUT2D eigenvalue weighted by Gasteiger charge is 2.21. The Labute approximate surface area is 99.2 Å². The predicted molar refractivity (Wildman–Crippen MR) is 73.4 cm³/mol. The van der Waals surface area contributed by atoms with E-state index in [1.54, 1.807) is 0 Å². The van der Waals surface area contributed by atoms with Gasteiger partial charge in [-0.1, -0.05) is 49.9 Å². The molecule has 0 N–H and O–H groups in total. The Kier molecular flexibility index (Phi) is 3.75. The van der Waals surface area contributed by atoms with Crippen LogP contribution in [0.4, 0.5) is 0 Å². The summed E-state index contributed by atoms with van der Waals surface area (Å²) in [7, 11) is -1.20. The molecule has 84 valence electrons. The Balaban J connectivity index is 2.38. The highest BCUT2D eigenvalue weighted by atomic mass is 28.3. The van der Waals surface area contributed by atoms with E-state index >= 15 is 0 Å². The van der Waals surface area contributed by atoms with E-state index in [-0.39, 0.29) is 0 Å². The van der Waals surface area contributed by atoms with Gasteiger partial charge in [0.2, 0.25) is 9.04 Å². The van der Waals surface area contributed by atoms with Gasteiger partial charge in [0.05, 0.1) is 0 Å². The van der Waals surface area contributed by atoms with E-state index in [1.807, 2.05) is 12.2 Å². The Hall–Kier alpha value is -1.12. The highest BCUT2D eigenvalue weighted by molar-refractivity contribution is 6.68. The summed E-state index contributed by atoms with van der Waals surface area (Å²) in [6.45, 7) is 8.70. The van der Waals surface area contributed by atoms with Crippen LogP contribution in [0, 0.1) is 0 Å². The fourth-order valence-electron chi connectivity index (χ4n) is 2.28. The lowest BCUT2D eigenvalue weighted by Gasteiger charge is -2.23. The van der Waals surface area contributed by atoms with E-state index in [2.05, 4.69) is 31.4 Å². The lowest BCUT2D eigenvalue weighted by Crippen LogP contribution is -2.38. The van der Waals surface area contributed by atoms with Crippen LogP contribution in [-0.4, -0.2) is 15.6 Å². The van der Waals surface area contributed by atoms with E-state index in [0.29, 0.717) is 0 Å². The van der Waals surface area contributed by atoms with Crippen molar-refractivity contribution < 1.29 is 4.43 Å². The lowest BCUT2D eigenvalue weighted by atomic mass is 10.1. The number of hydrogen-bond acceptors (Lipinski definition) is 1. The van der Waals surface area contributed by atoms with E-state index in [4.69, 9.17) is 4.43 Å². The van der Waals surface area contributed by atoms with Crippen molar-refractivity contribution in [1.82, 2.24) is 0 Å². The molecule has 2 heteroatoms. The lowest BCUT2D eigenvalue weighted by molar-refractivity contribution is 0.294. The first-order valence-corrected chi connectivity index (χ1v) is 7.72. The molecule has 0 aromatic heterocycles. The Morgan fingerprint density at radius 3 is 2.69 bits per heavy atom. The van der Waals surface area contributed by atoms with Gasteiger partial charge in [-0.05, 0) is 28.8 Å². The van der Waals surface area contributed by atoms with Crippen LogP contribution >= 0.6 is 0 Å². The van der Waals surface area contributed by atoms with Crippen LogP contribution in [0.5, 0.6) is 0 Å². The fourth-order valence-corrected chi connectivity index (χ4v) is 5.01. The molecule has 0 aliphatic carbocycles. The van der Waals surface area contributed by atoms with Crippen LogP contribution in [0.2, 0.25) is 6.04 Å². The monoisotopic (exact) mass is 230 g/mol. The second kappa shape index (κ2) is 5.28. The third-order valence-corrected chi connectivity index (χ3v) is 5.89. The molecular formula is C14H18OSi. The summed E-state index contributed by atoms with van der Waals surface area (Å²) >= 11 is 0. The molecule has 1 aliphatic rings. The van der Waals surface area contributed by atoms with Crippen molar-refractivity contribution in [2.24, 2.45) is 0 Å². The molecule has 1 atom stereocenters. The zero-order valence-electron chi connectivity index (χ0n) is 9.61. The van der Waals surface area contributed by atoms with Crippen LogP contribution in [0.3, 0.4) is 0 Å². The van der Waals surface area contributed by atoms with Gasteiger partial charge in [0.1, 0.15) is 0 Å². The highest BCUT2D eigenvalue weighted by Crippen LogP contribution is 2.16. The molecule has 1 heterocycles. The van der Waals surface area contributed by atoms with Crippen molar-refractivity contribution in [3.63, 3.8) is 0 Å². The molecular weight excluding hydrogens is 212 g/mol. The smallest absolute Gasteiger partial charge is 0.208 e.